The molecule has 1 aromatic rings. The first-order valence-electron chi connectivity index (χ1n) is 6.26. The van der Waals surface area contributed by atoms with Crippen LogP contribution in [0.3, 0.4) is 0 Å². The fraction of sp³-hybridized carbons (Fsp3) is 0.533. The van der Waals surface area contributed by atoms with Gasteiger partial charge in [-0.2, -0.15) is 0 Å². The molecule has 0 aliphatic heterocycles. The lowest BCUT2D eigenvalue weighted by Crippen LogP contribution is -2.43. The number of rotatable bonds is 5. The number of Topliss-reactive ketones (excluding diaryl/α,β-unsaturated/α-hetero) is 1. The van der Waals surface area contributed by atoms with Gasteiger partial charge in [0.05, 0.1) is 5.56 Å². The molecule has 1 aromatic carbocycles. The Bertz CT molecular complexity index is 481. The molecule has 0 spiro atoms. The van der Waals surface area contributed by atoms with Crippen LogP contribution in [0.25, 0.3) is 0 Å². The number of hydrogen-bond donors (Lipinski definition) is 0. The SMILES string of the molecule is CC(=O)c1cc(F)c(C)cc1OCC(C)(C)N(C)C. The van der Waals surface area contributed by atoms with E-state index in [9.17, 15) is 9.18 Å². The van der Waals surface area contributed by atoms with Crippen LogP contribution in [0.15, 0.2) is 12.1 Å². The fourth-order valence-corrected chi connectivity index (χ4v) is 1.43. The van der Waals surface area contributed by atoms with Crippen molar-refractivity contribution in [1.29, 1.82) is 0 Å². The van der Waals surface area contributed by atoms with Crippen LogP contribution in [0.4, 0.5) is 4.39 Å². The Morgan fingerprint density at radius 3 is 2.42 bits per heavy atom. The zero-order valence-electron chi connectivity index (χ0n) is 12.5. The molecule has 0 aromatic heterocycles. The maximum absolute atomic E-state index is 13.5. The molecule has 0 unspecified atom stereocenters. The number of benzene rings is 1. The molecule has 0 atom stereocenters. The summed E-state index contributed by atoms with van der Waals surface area (Å²) >= 11 is 0. The van der Waals surface area contributed by atoms with Crippen molar-refractivity contribution in [2.45, 2.75) is 33.2 Å². The lowest BCUT2D eigenvalue weighted by atomic mass is 10.0. The number of halogens is 1. The van der Waals surface area contributed by atoms with E-state index in [4.69, 9.17) is 4.74 Å². The van der Waals surface area contributed by atoms with E-state index in [0.29, 0.717) is 17.9 Å². The largest absolute Gasteiger partial charge is 0.491 e. The smallest absolute Gasteiger partial charge is 0.163 e. The van der Waals surface area contributed by atoms with Gasteiger partial charge in [0.25, 0.3) is 0 Å². The molecule has 19 heavy (non-hydrogen) atoms. The molecule has 0 aliphatic rings. The molecule has 1 rings (SSSR count). The minimum absolute atomic E-state index is 0.170. The average Bonchev–Trinajstić information content (AvgIpc) is 2.29. The summed E-state index contributed by atoms with van der Waals surface area (Å²) in [4.78, 5) is 13.6. The van der Waals surface area contributed by atoms with E-state index >= 15 is 0 Å². The van der Waals surface area contributed by atoms with Crippen LogP contribution in [-0.4, -0.2) is 36.9 Å². The molecule has 0 fully saturated rings. The molecule has 0 bridgehead atoms. The van der Waals surface area contributed by atoms with Gasteiger partial charge in [-0.25, -0.2) is 4.39 Å². The molecule has 4 heteroatoms. The van der Waals surface area contributed by atoms with Crippen LogP contribution in [0.1, 0.15) is 36.7 Å². The van der Waals surface area contributed by atoms with Crippen LogP contribution in [0.5, 0.6) is 5.75 Å². The number of aryl methyl sites for hydroxylation is 1. The van der Waals surface area contributed by atoms with Crippen molar-refractivity contribution < 1.29 is 13.9 Å². The van der Waals surface area contributed by atoms with Gasteiger partial charge in [-0.15, -0.1) is 0 Å². The summed E-state index contributed by atoms with van der Waals surface area (Å²) < 4.78 is 19.2. The van der Waals surface area contributed by atoms with E-state index in [2.05, 4.69) is 0 Å². The molecular weight excluding hydrogens is 245 g/mol. The topological polar surface area (TPSA) is 29.5 Å². The van der Waals surface area contributed by atoms with Crippen LogP contribution in [0.2, 0.25) is 0 Å². The van der Waals surface area contributed by atoms with Crippen LogP contribution >= 0.6 is 0 Å². The Balaban J connectivity index is 3.01. The summed E-state index contributed by atoms with van der Waals surface area (Å²) in [5.41, 5.74) is 0.594. The van der Waals surface area contributed by atoms with Crippen molar-refractivity contribution in [3.8, 4) is 5.75 Å². The van der Waals surface area contributed by atoms with E-state index in [1.165, 1.54) is 13.0 Å². The number of hydrogen-bond acceptors (Lipinski definition) is 3. The van der Waals surface area contributed by atoms with Crippen molar-refractivity contribution in [3.63, 3.8) is 0 Å². The summed E-state index contributed by atoms with van der Waals surface area (Å²) in [5.74, 6) is -0.137. The first kappa shape index (κ1) is 15.6. The first-order chi connectivity index (χ1) is 8.65. The Morgan fingerprint density at radius 1 is 1.37 bits per heavy atom. The summed E-state index contributed by atoms with van der Waals surface area (Å²) in [7, 11) is 3.93. The van der Waals surface area contributed by atoms with Crippen LogP contribution in [0, 0.1) is 12.7 Å². The Morgan fingerprint density at radius 2 is 1.95 bits per heavy atom. The highest BCUT2D eigenvalue weighted by molar-refractivity contribution is 5.96. The predicted molar refractivity (Wildman–Crippen MR) is 74.4 cm³/mol. The first-order valence-corrected chi connectivity index (χ1v) is 6.26. The Hall–Kier alpha value is -1.42. The van der Waals surface area contributed by atoms with Gasteiger partial charge in [-0.1, -0.05) is 0 Å². The average molecular weight is 267 g/mol. The number of ketones is 1. The zero-order chi connectivity index (χ0) is 14.8. The second kappa shape index (κ2) is 5.70. The molecular formula is C15H22FNO2. The number of likely N-dealkylation sites (N-methyl/N-ethyl adjacent to an activating group) is 1. The fourth-order valence-electron chi connectivity index (χ4n) is 1.43. The number of carbonyl (C=O) groups excluding carboxylic acids is 1. The maximum atomic E-state index is 13.5. The summed E-state index contributed by atoms with van der Waals surface area (Å²) in [6.07, 6.45) is 0. The molecule has 0 amide bonds. The van der Waals surface area contributed by atoms with Gasteiger partial charge in [0.15, 0.2) is 5.78 Å². The second-order valence-corrected chi connectivity index (χ2v) is 5.65. The molecule has 3 nitrogen and oxygen atoms in total. The van der Waals surface area contributed by atoms with Crippen molar-refractivity contribution in [2.24, 2.45) is 0 Å². The highest BCUT2D eigenvalue weighted by Crippen LogP contribution is 2.25. The van der Waals surface area contributed by atoms with E-state index in [1.807, 2.05) is 32.8 Å². The summed E-state index contributed by atoms with van der Waals surface area (Å²) in [6.45, 7) is 7.57. The van der Waals surface area contributed by atoms with Gasteiger partial charge in [-0.05, 0) is 59.5 Å². The predicted octanol–water partition coefficient (Wildman–Crippen LogP) is 3.06. The second-order valence-electron chi connectivity index (χ2n) is 5.65. The van der Waals surface area contributed by atoms with Crippen LogP contribution < -0.4 is 4.74 Å². The van der Waals surface area contributed by atoms with Crippen LogP contribution in [-0.2, 0) is 0 Å². The van der Waals surface area contributed by atoms with Crippen molar-refractivity contribution in [3.05, 3.63) is 29.1 Å². The van der Waals surface area contributed by atoms with Gasteiger partial charge >= 0.3 is 0 Å². The lowest BCUT2D eigenvalue weighted by molar-refractivity contribution is 0.0987. The van der Waals surface area contributed by atoms with Gasteiger partial charge < -0.3 is 9.64 Å². The maximum Gasteiger partial charge on any atom is 0.163 e. The molecule has 106 valence electrons. The highest BCUT2D eigenvalue weighted by Gasteiger charge is 2.22. The van der Waals surface area contributed by atoms with Gasteiger partial charge in [0, 0.05) is 5.54 Å². The van der Waals surface area contributed by atoms with E-state index in [-0.39, 0.29) is 22.7 Å². The molecule has 0 N–H and O–H groups in total. The minimum Gasteiger partial charge on any atom is -0.491 e. The molecule has 0 saturated carbocycles. The zero-order valence-corrected chi connectivity index (χ0v) is 12.5. The minimum atomic E-state index is -0.385. The third-order valence-corrected chi connectivity index (χ3v) is 3.43. The number of nitrogens with zero attached hydrogens (tertiary/aromatic N) is 1. The summed E-state index contributed by atoms with van der Waals surface area (Å²) in [6, 6.07) is 2.83. The summed E-state index contributed by atoms with van der Waals surface area (Å²) in [5, 5.41) is 0. The highest BCUT2D eigenvalue weighted by atomic mass is 19.1. The van der Waals surface area contributed by atoms with Gasteiger partial charge in [0.2, 0.25) is 0 Å². The molecule has 0 aliphatic carbocycles. The van der Waals surface area contributed by atoms with Gasteiger partial charge in [-0.3, -0.25) is 4.79 Å². The molecule has 0 radical (unpaired) electrons. The molecule has 0 saturated heterocycles. The monoisotopic (exact) mass is 267 g/mol. The van der Waals surface area contributed by atoms with E-state index in [0.717, 1.165) is 0 Å². The van der Waals surface area contributed by atoms with Crippen molar-refractivity contribution in [2.75, 3.05) is 20.7 Å². The number of ether oxygens (including phenoxy) is 1. The van der Waals surface area contributed by atoms with E-state index < -0.39 is 0 Å². The third-order valence-electron chi connectivity index (χ3n) is 3.43. The Kier molecular flexibility index (Phi) is 4.69. The van der Waals surface area contributed by atoms with Crippen molar-refractivity contribution >= 4 is 5.78 Å². The number of carbonyl (C=O) groups is 1. The standard InChI is InChI=1S/C15H22FNO2/c1-10-7-14(12(11(2)18)8-13(10)16)19-9-15(3,4)17(5)6/h7-8H,9H2,1-6H3. The van der Waals surface area contributed by atoms with Crippen molar-refractivity contribution in [1.82, 2.24) is 4.90 Å². The molecule has 0 heterocycles. The quantitative estimate of drug-likeness (QED) is 0.768. The normalized spacial score (nSPS) is 11.8. The van der Waals surface area contributed by atoms with Gasteiger partial charge in [0.1, 0.15) is 18.2 Å². The Labute approximate surface area is 114 Å². The third kappa shape index (κ3) is 3.77. The van der Waals surface area contributed by atoms with E-state index in [1.54, 1.807) is 13.0 Å². The lowest BCUT2D eigenvalue weighted by Gasteiger charge is -2.32.